The first-order valence-electron chi connectivity index (χ1n) is 4.06. The molecule has 0 bridgehead atoms. The van der Waals surface area contributed by atoms with Crippen molar-refractivity contribution < 1.29 is 0 Å². The predicted octanol–water partition coefficient (Wildman–Crippen LogP) is 1.32. The van der Waals surface area contributed by atoms with E-state index in [4.69, 9.17) is 10.5 Å². The third kappa shape index (κ3) is 1.65. The topological polar surface area (TPSA) is 91.2 Å². The molecule has 0 aliphatic carbocycles. The summed E-state index contributed by atoms with van der Waals surface area (Å²) >= 11 is 2.60. The van der Waals surface area contributed by atoms with E-state index >= 15 is 0 Å². The number of rotatable bonds is 2. The Balaban J connectivity index is 2.53. The van der Waals surface area contributed by atoms with Crippen molar-refractivity contribution in [2.24, 2.45) is 0 Å². The monoisotopic (exact) mass is 248 g/mol. The number of hydrogen-bond acceptors (Lipinski definition) is 7. The van der Waals surface area contributed by atoms with Crippen LogP contribution < -0.4 is 0 Å². The molecule has 6 nitrogen and oxygen atoms in total. The Morgan fingerprint density at radius 3 is 2.88 bits per heavy atom. The Kier molecular flexibility index (Phi) is 2.86. The largest absolute Gasteiger partial charge is 0.226 e. The lowest BCUT2D eigenvalue weighted by Crippen LogP contribution is -1.95. The number of hydrogen-bond donors (Lipinski definition) is 0. The summed E-state index contributed by atoms with van der Waals surface area (Å²) in [4.78, 5) is 8.03. The highest BCUT2D eigenvalue weighted by molar-refractivity contribution is 7.98. The molecule has 0 spiro atoms. The van der Waals surface area contributed by atoms with Gasteiger partial charge in [0.05, 0.1) is 6.20 Å². The fraction of sp³-hybridized carbons (Fsp3) is 0.125. The first-order valence-corrected chi connectivity index (χ1v) is 6.06. The van der Waals surface area contributed by atoms with E-state index in [-0.39, 0.29) is 5.82 Å². The molecule has 0 unspecified atom stereocenters. The fourth-order valence-electron chi connectivity index (χ4n) is 1.08. The van der Waals surface area contributed by atoms with Crippen LogP contribution in [0.4, 0.5) is 0 Å². The van der Waals surface area contributed by atoms with Crippen LogP contribution in [0.25, 0.3) is 10.7 Å². The van der Waals surface area contributed by atoms with Crippen molar-refractivity contribution in [1.29, 1.82) is 10.5 Å². The van der Waals surface area contributed by atoms with E-state index in [1.165, 1.54) is 29.5 Å². The molecule has 0 amide bonds. The zero-order valence-corrected chi connectivity index (χ0v) is 9.71. The van der Waals surface area contributed by atoms with Crippen LogP contribution in [0.5, 0.6) is 0 Å². The Morgan fingerprint density at radius 1 is 1.50 bits per heavy atom. The molecule has 0 atom stereocenters. The number of nitrogens with zero attached hydrogens (tertiary/aromatic N) is 6. The van der Waals surface area contributed by atoms with Crippen molar-refractivity contribution >= 4 is 23.3 Å². The van der Waals surface area contributed by atoms with Crippen LogP contribution in [0.3, 0.4) is 0 Å². The zero-order chi connectivity index (χ0) is 11.5. The van der Waals surface area contributed by atoms with Gasteiger partial charge in [-0.2, -0.15) is 14.9 Å². The smallest absolute Gasteiger partial charge is 0.226 e. The van der Waals surface area contributed by atoms with E-state index < -0.39 is 0 Å². The third-order valence-electron chi connectivity index (χ3n) is 1.77. The summed E-state index contributed by atoms with van der Waals surface area (Å²) in [5.41, 5.74) is 0.497. The van der Waals surface area contributed by atoms with Crippen molar-refractivity contribution in [3.8, 4) is 23.0 Å². The highest BCUT2D eigenvalue weighted by Gasteiger charge is 2.14. The summed E-state index contributed by atoms with van der Waals surface area (Å²) < 4.78 is 5.23. The van der Waals surface area contributed by atoms with E-state index in [0.717, 1.165) is 4.57 Å². The molecule has 2 rings (SSSR count). The molecule has 0 fully saturated rings. The van der Waals surface area contributed by atoms with Crippen molar-refractivity contribution in [3.05, 3.63) is 12.0 Å². The van der Waals surface area contributed by atoms with Gasteiger partial charge in [0.1, 0.15) is 11.8 Å². The maximum atomic E-state index is 8.92. The number of aromatic nitrogens is 4. The van der Waals surface area contributed by atoms with Gasteiger partial charge in [-0.3, -0.25) is 0 Å². The van der Waals surface area contributed by atoms with Crippen LogP contribution in [-0.4, -0.2) is 25.2 Å². The van der Waals surface area contributed by atoms with Gasteiger partial charge in [0.15, 0.2) is 16.4 Å². The molecule has 78 valence electrons. The summed E-state index contributed by atoms with van der Waals surface area (Å²) in [5, 5.41) is 18.9. The molecule has 0 N–H and O–H groups in total. The maximum Gasteiger partial charge on any atom is 0.226 e. The second-order valence-electron chi connectivity index (χ2n) is 2.60. The Bertz CT molecular complexity index is 599. The van der Waals surface area contributed by atoms with E-state index in [9.17, 15) is 0 Å². The highest BCUT2D eigenvalue weighted by Crippen LogP contribution is 2.24. The van der Waals surface area contributed by atoms with Gasteiger partial charge in [0, 0.05) is 0 Å². The molecule has 8 heteroatoms. The van der Waals surface area contributed by atoms with Gasteiger partial charge in [-0.05, 0) is 17.8 Å². The van der Waals surface area contributed by atoms with Gasteiger partial charge in [0.25, 0.3) is 0 Å². The summed E-state index contributed by atoms with van der Waals surface area (Å²) in [6.45, 7) is 0. The van der Waals surface area contributed by atoms with Gasteiger partial charge in [-0.25, -0.2) is 14.5 Å². The van der Waals surface area contributed by atoms with E-state index in [0.29, 0.717) is 15.9 Å². The fourth-order valence-corrected chi connectivity index (χ4v) is 2.30. The predicted molar refractivity (Wildman–Crippen MR) is 58.6 cm³/mol. The molecular weight excluding hydrogens is 244 g/mol. The van der Waals surface area contributed by atoms with Crippen LogP contribution in [-0.2, 0) is 0 Å². The minimum absolute atomic E-state index is 0.0541. The minimum Gasteiger partial charge on any atom is -0.226 e. The van der Waals surface area contributed by atoms with E-state index in [1.807, 2.05) is 18.5 Å². The highest BCUT2D eigenvalue weighted by atomic mass is 32.2. The average molecular weight is 248 g/mol. The number of nitriles is 2. The van der Waals surface area contributed by atoms with Gasteiger partial charge in [-0.15, -0.1) is 0 Å². The van der Waals surface area contributed by atoms with Gasteiger partial charge < -0.3 is 0 Å². The molecule has 2 aromatic heterocycles. The van der Waals surface area contributed by atoms with Gasteiger partial charge in [-0.1, -0.05) is 11.8 Å². The maximum absolute atomic E-state index is 8.92. The van der Waals surface area contributed by atoms with Crippen LogP contribution >= 0.6 is 23.3 Å². The van der Waals surface area contributed by atoms with E-state index in [1.54, 1.807) is 0 Å². The standard InChI is InChI=1S/C8H4N6S2/c1-15-8-12-7(16-13-8)5-3-11-6(2-9)14(5)4-10/h3H,1H3. The molecule has 0 aromatic carbocycles. The van der Waals surface area contributed by atoms with Crippen LogP contribution in [0.1, 0.15) is 5.82 Å². The van der Waals surface area contributed by atoms with Crippen molar-refractivity contribution in [1.82, 2.24) is 18.9 Å². The van der Waals surface area contributed by atoms with Crippen molar-refractivity contribution in [2.75, 3.05) is 6.26 Å². The molecule has 0 radical (unpaired) electrons. The van der Waals surface area contributed by atoms with Crippen LogP contribution in [0, 0.1) is 22.8 Å². The Morgan fingerprint density at radius 2 is 2.31 bits per heavy atom. The first-order chi connectivity index (χ1) is 7.80. The number of imidazole rings is 1. The summed E-state index contributed by atoms with van der Waals surface area (Å²) in [6.07, 6.45) is 5.20. The molecule has 0 aliphatic rings. The molecule has 0 aliphatic heterocycles. The SMILES string of the molecule is CSc1nsc(-c2cnc(C#N)n2C#N)n1. The quantitative estimate of drug-likeness (QED) is 0.744. The zero-order valence-electron chi connectivity index (χ0n) is 8.08. The number of thioether (sulfide) groups is 1. The summed E-state index contributed by atoms with van der Waals surface area (Å²) in [7, 11) is 0. The van der Waals surface area contributed by atoms with Crippen molar-refractivity contribution in [2.45, 2.75) is 5.16 Å². The average Bonchev–Trinajstić information content (AvgIpc) is 2.93. The second kappa shape index (κ2) is 4.31. The second-order valence-corrected chi connectivity index (χ2v) is 4.13. The molecule has 2 heterocycles. The lowest BCUT2D eigenvalue weighted by Gasteiger charge is -1.92. The molecule has 0 saturated carbocycles. The lowest BCUT2D eigenvalue weighted by molar-refractivity contribution is 1.03. The Labute approximate surface area is 99.4 Å². The molecular formula is C8H4N6S2. The molecule has 0 saturated heterocycles. The first kappa shape index (κ1) is 10.6. The Hall–Kier alpha value is -1.90. The summed E-state index contributed by atoms with van der Waals surface area (Å²) in [6, 6.07) is 1.84. The lowest BCUT2D eigenvalue weighted by atomic mass is 10.5. The molecule has 16 heavy (non-hydrogen) atoms. The third-order valence-corrected chi connectivity index (χ3v) is 3.17. The van der Waals surface area contributed by atoms with Gasteiger partial charge in [0.2, 0.25) is 5.82 Å². The van der Waals surface area contributed by atoms with E-state index in [2.05, 4.69) is 14.3 Å². The molecule has 2 aromatic rings. The van der Waals surface area contributed by atoms with Crippen molar-refractivity contribution in [3.63, 3.8) is 0 Å². The van der Waals surface area contributed by atoms with Crippen LogP contribution in [0.2, 0.25) is 0 Å². The normalized spacial score (nSPS) is 9.69. The van der Waals surface area contributed by atoms with Gasteiger partial charge >= 0.3 is 0 Å². The van der Waals surface area contributed by atoms with Crippen LogP contribution in [0.15, 0.2) is 11.4 Å². The summed E-state index contributed by atoms with van der Waals surface area (Å²) in [5.74, 6) is 0.0541. The minimum atomic E-state index is 0.0541.